The molecule has 1 N–H and O–H groups in total. The van der Waals surface area contributed by atoms with Gasteiger partial charge in [-0.25, -0.2) is 0 Å². The third-order valence-electron chi connectivity index (χ3n) is 7.06. The van der Waals surface area contributed by atoms with Gasteiger partial charge >= 0.3 is 0 Å². The predicted octanol–water partition coefficient (Wildman–Crippen LogP) is 6.38. The van der Waals surface area contributed by atoms with Gasteiger partial charge in [0, 0.05) is 24.5 Å². The quantitative estimate of drug-likeness (QED) is 0.468. The monoisotopic (exact) mass is 450 g/mol. The molecule has 3 heterocycles. The van der Waals surface area contributed by atoms with E-state index in [1.807, 2.05) is 6.07 Å². The van der Waals surface area contributed by atoms with Crippen molar-refractivity contribution in [1.29, 1.82) is 0 Å². The minimum atomic E-state index is 0.243. The summed E-state index contributed by atoms with van der Waals surface area (Å²) in [7, 11) is 0. The molecular weight excluding hydrogens is 423 g/mol. The molecule has 3 aliphatic rings. The average molecular weight is 451 g/mol. The first-order valence-electron chi connectivity index (χ1n) is 11.2. The summed E-state index contributed by atoms with van der Waals surface area (Å²) in [5.41, 5.74) is 3.91. The molecule has 2 bridgehead atoms. The Kier molecular flexibility index (Phi) is 6.34. The fourth-order valence-corrected chi connectivity index (χ4v) is 5.88. The van der Waals surface area contributed by atoms with Crippen molar-refractivity contribution in [3.8, 4) is 0 Å². The first kappa shape index (κ1) is 21.0. The number of benzene rings is 3. The molecule has 3 aliphatic heterocycles. The number of nitrogens with zero attached hydrogens (tertiary/aromatic N) is 1. The van der Waals surface area contributed by atoms with Gasteiger partial charge in [0.05, 0.1) is 10.0 Å². The highest BCUT2D eigenvalue weighted by Gasteiger charge is 2.46. The molecule has 0 saturated carbocycles. The molecule has 0 aromatic heterocycles. The van der Waals surface area contributed by atoms with Gasteiger partial charge in [-0.1, -0.05) is 89.9 Å². The number of halogens is 2. The van der Waals surface area contributed by atoms with E-state index in [-0.39, 0.29) is 5.92 Å². The molecular formula is C27H28Cl2N2. The maximum absolute atomic E-state index is 6.48. The summed E-state index contributed by atoms with van der Waals surface area (Å²) in [6, 6.07) is 28.6. The highest BCUT2D eigenvalue weighted by molar-refractivity contribution is 6.42. The van der Waals surface area contributed by atoms with Crippen LogP contribution < -0.4 is 5.32 Å². The van der Waals surface area contributed by atoms with Crippen LogP contribution in [0.4, 0.5) is 0 Å². The third-order valence-corrected chi connectivity index (χ3v) is 7.80. The Hall–Kier alpha value is -1.84. The summed E-state index contributed by atoms with van der Waals surface area (Å²) < 4.78 is 0. The van der Waals surface area contributed by atoms with Crippen molar-refractivity contribution in [2.75, 3.05) is 13.1 Å². The van der Waals surface area contributed by atoms with Crippen molar-refractivity contribution in [1.82, 2.24) is 10.2 Å². The van der Waals surface area contributed by atoms with E-state index in [1.165, 1.54) is 42.6 Å². The van der Waals surface area contributed by atoms with Gasteiger partial charge in [-0.05, 0) is 60.7 Å². The smallest absolute Gasteiger partial charge is 0.0595 e. The Balaban J connectivity index is 1.53. The second-order valence-corrected chi connectivity index (χ2v) is 9.63. The number of rotatable bonds is 6. The lowest BCUT2D eigenvalue weighted by Gasteiger charge is -2.54. The Morgan fingerprint density at radius 3 is 2.16 bits per heavy atom. The first-order valence-corrected chi connectivity index (χ1v) is 12.0. The number of hydrogen-bond donors (Lipinski definition) is 1. The fourth-order valence-electron chi connectivity index (χ4n) is 5.57. The Labute approximate surface area is 195 Å². The van der Waals surface area contributed by atoms with Crippen LogP contribution in [0.2, 0.25) is 10.0 Å². The number of fused-ring (bicyclic) bond motifs is 3. The van der Waals surface area contributed by atoms with Crippen molar-refractivity contribution in [2.24, 2.45) is 5.92 Å². The van der Waals surface area contributed by atoms with Gasteiger partial charge in [-0.15, -0.1) is 0 Å². The van der Waals surface area contributed by atoms with Crippen LogP contribution in [0.25, 0.3) is 0 Å². The van der Waals surface area contributed by atoms with E-state index in [9.17, 15) is 0 Å². The van der Waals surface area contributed by atoms with Gasteiger partial charge < -0.3 is 5.32 Å². The van der Waals surface area contributed by atoms with Crippen LogP contribution in [0.3, 0.4) is 0 Å². The second-order valence-electron chi connectivity index (χ2n) is 8.82. The lowest BCUT2D eigenvalue weighted by molar-refractivity contribution is 0.00468. The van der Waals surface area contributed by atoms with Crippen LogP contribution in [0.1, 0.15) is 35.4 Å². The standard InChI is InChI=1S/C27H28Cl2N2/c28-23-12-11-22(17-24(23)29)25(20-9-5-2-6-10-20)27-26(21-13-15-31(27)16-14-21)30-18-19-7-3-1-4-8-19/h1-12,17,21,25-27,30H,13-16,18H2/t25?,26-,27+/m1/s1. The van der Waals surface area contributed by atoms with Gasteiger partial charge in [-0.2, -0.15) is 0 Å². The predicted molar refractivity (Wildman–Crippen MR) is 130 cm³/mol. The van der Waals surface area contributed by atoms with Crippen LogP contribution in [-0.2, 0) is 6.54 Å². The SMILES string of the molecule is Clc1ccc(C(c2ccccc2)[C@H]2[C@H](NCc3ccccc3)C3CCN2CC3)cc1Cl. The van der Waals surface area contributed by atoms with Gasteiger partial charge in [0.15, 0.2) is 0 Å². The molecule has 3 atom stereocenters. The van der Waals surface area contributed by atoms with E-state index in [2.05, 4.69) is 83.0 Å². The largest absolute Gasteiger partial charge is 0.308 e. The zero-order valence-electron chi connectivity index (χ0n) is 17.6. The molecule has 0 spiro atoms. The molecule has 3 saturated heterocycles. The van der Waals surface area contributed by atoms with E-state index >= 15 is 0 Å². The summed E-state index contributed by atoms with van der Waals surface area (Å²) >= 11 is 12.8. The number of hydrogen-bond acceptors (Lipinski definition) is 2. The Morgan fingerprint density at radius 2 is 1.48 bits per heavy atom. The maximum atomic E-state index is 6.48. The molecule has 31 heavy (non-hydrogen) atoms. The minimum Gasteiger partial charge on any atom is -0.308 e. The first-order chi connectivity index (χ1) is 15.2. The summed E-state index contributed by atoms with van der Waals surface area (Å²) in [6.45, 7) is 3.24. The molecule has 0 amide bonds. The normalized spacial score (nSPS) is 26.0. The van der Waals surface area contributed by atoms with E-state index in [4.69, 9.17) is 23.2 Å². The molecule has 3 aromatic rings. The molecule has 0 radical (unpaired) electrons. The van der Waals surface area contributed by atoms with Gasteiger partial charge in [0.2, 0.25) is 0 Å². The van der Waals surface area contributed by atoms with Gasteiger partial charge in [0.25, 0.3) is 0 Å². The summed E-state index contributed by atoms with van der Waals surface area (Å²) in [5, 5.41) is 5.21. The Morgan fingerprint density at radius 1 is 0.806 bits per heavy atom. The molecule has 2 nitrogen and oxygen atoms in total. The maximum Gasteiger partial charge on any atom is 0.0595 e. The highest BCUT2D eigenvalue weighted by Crippen LogP contribution is 2.43. The molecule has 1 unspecified atom stereocenters. The molecule has 6 rings (SSSR count). The Bertz CT molecular complexity index is 1000. The lowest BCUT2D eigenvalue weighted by atomic mass is 9.70. The summed E-state index contributed by atoms with van der Waals surface area (Å²) in [5.74, 6) is 0.944. The van der Waals surface area contributed by atoms with Crippen molar-refractivity contribution in [2.45, 2.75) is 37.4 Å². The lowest BCUT2D eigenvalue weighted by Crippen LogP contribution is -2.64. The zero-order valence-corrected chi connectivity index (χ0v) is 19.1. The van der Waals surface area contributed by atoms with Crippen molar-refractivity contribution in [3.05, 3.63) is 106 Å². The highest BCUT2D eigenvalue weighted by atomic mass is 35.5. The zero-order chi connectivity index (χ0) is 21.2. The topological polar surface area (TPSA) is 15.3 Å². The van der Waals surface area contributed by atoms with Crippen LogP contribution in [0.15, 0.2) is 78.9 Å². The van der Waals surface area contributed by atoms with Crippen molar-refractivity contribution >= 4 is 23.2 Å². The fraction of sp³-hybridized carbons (Fsp3) is 0.333. The van der Waals surface area contributed by atoms with Crippen LogP contribution in [0, 0.1) is 5.92 Å². The molecule has 0 aliphatic carbocycles. The van der Waals surface area contributed by atoms with Gasteiger partial charge in [-0.3, -0.25) is 4.90 Å². The third kappa shape index (κ3) is 4.40. The summed E-state index contributed by atoms with van der Waals surface area (Å²) in [4.78, 5) is 2.70. The number of piperidine rings is 3. The van der Waals surface area contributed by atoms with Crippen LogP contribution >= 0.6 is 23.2 Å². The molecule has 160 valence electrons. The molecule has 4 heteroatoms. The van der Waals surface area contributed by atoms with Gasteiger partial charge in [0.1, 0.15) is 0 Å². The van der Waals surface area contributed by atoms with E-state index in [0.717, 1.165) is 6.54 Å². The van der Waals surface area contributed by atoms with Crippen molar-refractivity contribution in [3.63, 3.8) is 0 Å². The summed E-state index contributed by atoms with van der Waals surface area (Å²) in [6.07, 6.45) is 2.54. The second kappa shape index (κ2) is 9.34. The van der Waals surface area contributed by atoms with E-state index in [1.54, 1.807) is 0 Å². The minimum absolute atomic E-state index is 0.243. The molecule has 3 aromatic carbocycles. The van der Waals surface area contributed by atoms with Crippen LogP contribution in [-0.4, -0.2) is 30.1 Å². The average Bonchev–Trinajstić information content (AvgIpc) is 2.83. The van der Waals surface area contributed by atoms with Crippen LogP contribution in [0.5, 0.6) is 0 Å². The van der Waals surface area contributed by atoms with E-state index < -0.39 is 0 Å². The van der Waals surface area contributed by atoms with E-state index in [0.29, 0.717) is 28.0 Å². The molecule has 3 fully saturated rings. The van der Waals surface area contributed by atoms with Crippen molar-refractivity contribution < 1.29 is 0 Å². The number of nitrogens with one attached hydrogen (secondary N) is 1.